The predicted molar refractivity (Wildman–Crippen MR) is 83.7 cm³/mol. The molecule has 0 aromatic carbocycles. The lowest BCUT2D eigenvalue weighted by Crippen LogP contribution is -2.28. The molecule has 0 atom stereocenters. The molecule has 104 valence electrons. The van der Waals surface area contributed by atoms with Gasteiger partial charge in [-0.15, -0.1) is 10.2 Å². The molecule has 0 aliphatic rings. The fourth-order valence-corrected chi connectivity index (χ4v) is 1.90. The highest BCUT2D eigenvalue weighted by atomic mass is 35.5. The lowest BCUT2D eigenvalue weighted by molar-refractivity contribution is 0.774. The van der Waals surface area contributed by atoms with Crippen LogP contribution in [-0.4, -0.2) is 26.7 Å². The molecule has 2 rings (SSSR count). The van der Waals surface area contributed by atoms with Gasteiger partial charge in [0.2, 0.25) is 0 Å². The van der Waals surface area contributed by atoms with Crippen molar-refractivity contribution in [3.8, 4) is 0 Å². The van der Waals surface area contributed by atoms with E-state index in [9.17, 15) is 0 Å². The molecule has 0 bridgehead atoms. The maximum Gasteiger partial charge on any atom is 0.151 e. The van der Waals surface area contributed by atoms with Gasteiger partial charge < -0.3 is 10.6 Å². The smallest absolute Gasteiger partial charge is 0.151 e. The van der Waals surface area contributed by atoms with Crippen LogP contribution in [0.25, 0.3) is 0 Å². The summed E-state index contributed by atoms with van der Waals surface area (Å²) in [6.45, 7) is 1.33. The van der Waals surface area contributed by atoms with E-state index in [1.807, 2.05) is 29.3 Å². The first-order valence-electron chi connectivity index (χ1n) is 6.06. The quantitative estimate of drug-likeness (QED) is 0.825. The molecule has 0 fully saturated rings. The number of hydrogen-bond donors (Lipinski definition) is 1. The summed E-state index contributed by atoms with van der Waals surface area (Å²) in [4.78, 5) is 6.62. The third kappa shape index (κ3) is 4.40. The second-order valence-corrected chi connectivity index (χ2v) is 5.13. The molecular weight excluding hydrogens is 294 g/mol. The first-order chi connectivity index (χ1) is 9.65. The summed E-state index contributed by atoms with van der Waals surface area (Å²) >= 11 is 10.7. The van der Waals surface area contributed by atoms with E-state index in [0.717, 1.165) is 11.4 Å². The highest BCUT2D eigenvalue weighted by molar-refractivity contribution is 7.80. The Morgan fingerprint density at radius 3 is 2.75 bits per heavy atom. The van der Waals surface area contributed by atoms with Crippen LogP contribution < -0.4 is 10.6 Å². The first kappa shape index (κ1) is 14.6. The Bertz CT molecular complexity index is 561. The molecule has 2 N–H and O–H groups in total. The van der Waals surface area contributed by atoms with Crippen LogP contribution in [0.3, 0.4) is 0 Å². The average molecular weight is 308 g/mol. The van der Waals surface area contributed by atoms with Crippen molar-refractivity contribution < 1.29 is 0 Å². The minimum atomic E-state index is 0.365. The van der Waals surface area contributed by atoms with E-state index >= 15 is 0 Å². The van der Waals surface area contributed by atoms with Crippen molar-refractivity contribution in [2.45, 2.75) is 13.0 Å². The number of thiocarbonyl (C=S) groups is 1. The van der Waals surface area contributed by atoms with Crippen molar-refractivity contribution in [3.63, 3.8) is 0 Å². The van der Waals surface area contributed by atoms with Gasteiger partial charge in [0.15, 0.2) is 11.0 Å². The van der Waals surface area contributed by atoms with Gasteiger partial charge in [0, 0.05) is 31.9 Å². The van der Waals surface area contributed by atoms with Crippen LogP contribution >= 0.6 is 23.8 Å². The van der Waals surface area contributed by atoms with Gasteiger partial charge in [-0.25, -0.2) is 0 Å². The molecule has 2 heterocycles. The van der Waals surface area contributed by atoms with Crippen LogP contribution in [0.4, 0.5) is 5.82 Å². The van der Waals surface area contributed by atoms with Gasteiger partial charge in [0.1, 0.15) is 0 Å². The van der Waals surface area contributed by atoms with Gasteiger partial charge >= 0.3 is 0 Å². The van der Waals surface area contributed by atoms with Crippen molar-refractivity contribution in [2.75, 3.05) is 11.4 Å². The Labute approximate surface area is 127 Å². The van der Waals surface area contributed by atoms with Gasteiger partial charge in [-0.05, 0) is 23.8 Å². The summed E-state index contributed by atoms with van der Waals surface area (Å²) < 4.78 is 0. The number of hydrogen-bond acceptors (Lipinski definition) is 5. The summed E-state index contributed by atoms with van der Waals surface area (Å²) in [7, 11) is 0. The first-order valence-corrected chi connectivity index (χ1v) is 6.85. The minimum absolute atomic E-state index is 0.365. The molecule has 0 saturated carbocycles. The van der Waals surface area contributed by atoms with E-state index in [0.29, 0.717) is 29.7 Å². The molecule has 0 saturated heterocycles. The van der Waals surface area contributed by atoms with E-state index in [-0.39, 0.29) is 0 Å². The zero-order valence-corrected chi connectivity index (χ0v) is 12.3. The van der Waals surface area contributed by atoms with Gasteiger partial charge in [0.25, 0.3) is 0 Å². The van der Waals surface area contributed by atoms with Crippen LogP contribution in [0.2, 0.25) is 5.15 Å². The average Bonchev–Trinajstić information content (AvgIpc) is 2.45. The summed E-state index contributed by atoms with van der Waals surface area (Å²) in [5, 5.41) is 8.32. The van der Waals surface area contributed by atoms with E-state index in [1.54, 1.807) is 12.3 Å². The van der Waals surface area contributed by atoms with Crippen molar-refractivity contribution >= 4 is 34.6 Å². The zero-order valence-electron chi connectivity index (χ0n) is 10.7. The van der Waals surface area contributed by atoms with E-state index in [1.165, 1.54) is 0 Å². The van der Waals surface area contributed by atoms with Crippen molar-refractivity contribution in [2.24, 2.45) is 5.73 Å². The molecule has 7 heteroatoms. The normalized spacial score (nSPS) is 10.2. The molecule has 20 heavy (non-hydrogen) atoms. The Morgan fingerprint density at radius 2 is 2.15 bits per heavy atom. The number of anilines is 1. The number of nitrogens with two attached hydrogens (primary N) is 1. The van der Waals surface area contributed by atoms with Crippen molar-refractivity contribution in [3.05, 3.63) is 47.4 Å². The largest absolute Gasteiger partial charge is 0.393 e. The molecule has 0 spiro atoms. The molecule has 0 amide bonds. The zero-order chi connectivity index (χ0) is 14.4. The summed E-state index contributed by atoms with van der Waals surface area (Å²) in [5.74, 6) is 0.731. The minimum Gasteiger partial charge on any atom is -0.393 e. The van der Waals surface area contributed by atoms with Crippen LogP contribution in [-0.2, 0) is 6.54 Å². The molecular formula is C13H14ClN5S. The summed E-state index contributed by atoms with van der Waals surface area (Å²) in [6, 6.07) is 7.44. The fourth-order valence-electron chi connectivity index (χ4n) is 1.71. The van der Waals surface area contributed by atoms with Crippen LogP contribution in [0.1, 0.15) is 12.0 Å². The third-order valence-electron chi connectivity index (χ3n) is 2.67. The van der Waals surface area contributed by atoms with Crippen LogP contribution in [0.15, 0.2) is 36.7 Å². The Balaban J connectivity index is 2.15. The summed E-state index contributed by atoms with van der Waals surface area (Å²) in [6.07, 6.45) is 4.17. The van der Waals surface area contributed by atoms with E-state index in [2.05, 4.69) is 15.2 Å². The van der Waals surface area contributed by atoms with E-state index < -0.39 is 0 Å². The second-order valence-electron chi connectivity index (χ2n) is 4.21. The fraction of sp³-hybridized carbons (Fsp3) is 0.231. The topological polar surface area (TPSA) is 67.9 Å². The third-order valence-corrected chi connectivity index (χ3v) is 3.07. The van der Waals surface area contributed by atoms with Crippen LogP contribution in [0.5, 0.6) is 0 Å². The van der Waals surface area contributed by atoms with Gasteiger partial charge in [-0.2, -0.15) is 0 Å². The Morgan fingerprint density at radius 1 is 1.30 bits per heavy atom. The van der Waals surface area contributed by atoms with Crippen molar-refractivity contribution in [1.82, 2.24) is 15.2 Å². The van der Waals surface area contributed by atoms with E-state index in [4.69, 9.17) is 29.6 Å². The number of halogens is 1. The monoisotopic (exact) mass is 307 g/mol. The molecule has 2 aromatic rings. The molecule has 0 aliphatic carbocycles. The number of pyridine rings is 1. The molecule has 0 radical (unpaired) electrons. The predicted octanol–water partition coefficient (Wildman–Crippen LogP) is 2.21. The highest BCUT2D eigenvalue weighted by Gasteiger charge is 2.10. The Kier molecular flexibility index (Phi) is 5.20. The number of rotatable bonds is 6. The second kappa shape index (κ2) is 7.12. The van der Waals surface area contributed by atoms with Gasteiger partial charge in [0.05, 0.1) is 4.99 Å². The number of nitrogens with zero attached hydrogens (tertiary/aromatic N) is 4. The van der Waals surface area contributed by atoms with Gasteiger partial charge in [-0.3, -0.25) is 4.98 Å². The molecule has 2 aromatic heterocycles. The van der Waals surface area contributed by atoms with Gasteiger partial charge in [-0.1, -0.05) is 29.9 Å². The highest BCUT2D eigenvalue weighted by Crippen LogP contribution is 2.15. The Hall–Kier alpha value is -1.79. The molecule has 0 aliphatic heterocycles. The van der Waals surface area contributed by atoms with Crippen LogP contribution in [0, 0.1) is 0 Å². The molecule has 0 unspecified atom stereocenters. The standard InChI is InChI=1S/C13H14ClN5S/c14-11-3-4-13(18-17-11)19(7-5-12(15)20)9-10-2-1-6-16-8-10/h1-4,6,8H,5,7,9H2,(H2,15,20). The van der Waals surface area contributed by atoms with Crippen molar-refractivity contribution in [1.29, 1.82) is 0 Å². The lowest BCUT2D eigenvalue weighted by Gasteiger charge is -2.23. The maximum absolute atomic E-state index is 5.76. The summed E-state index contributed by atoms with van der Waals surface area (Å²) in [5.41, 5.74) is 6.65. The maximum atomic E-state index is 5.76. The lowest BCUT2D eigenvalue weighted by atomic mass is 10.2. The SMILES string of the molecule is NC(=S)CCN(Cc1cccnc1)c1ccc(Cl)nn1. The molecule has 5 nitrogen and oxygen atoms in total. The number of aromatic nitrogens is 3.